The third-order valence-corrected chi connectivity index (χ3v) is 7.13. The van der Waals surface area contributed by atoms with E-state index >= 15 is 0 Å². The fourth-order valence-electron chi connectivity index (χ4n) is 4.71. The van der Waals surface area contributed by atoms with Crippen molar-refractivity contribution in [2.24, 2.45) is 0 Å². The van der Waals surface area contributed by atoms with Gasteiger partial charge < -0.3 is 14.2 Å². The summed E-state index contributed by atoms with van der Waals surface area (Å²) in [5.74, 6) is -0.000605. The van der Waals surface area contributed by atoms with Crippen LogP contribution < -0.4 is 0 Å². The second-order valence-corrected chi connectivity index (χ2v) is 10.1. The number of para-hydroxylation sites is 1. The zero-order chi connectivity index (χ0) is 24.7. The number of benzene rings is 3. The first-order chi connectivity index (χ1) is 16.9. The van der Waals surface area contributed by atoms with Gasteiger partial charge in [-0.25, -0.2) is 0 Å². The first-order valence-electron chi connectivity index (χ1n) is 11.1. The van der Waals surface area contributed by atoms with Crippen LogP contribution in [0.25, 0.3) is 32.9 Å². The van der Waals surface area contributed by atoms with Crippen molar-refractivity contribution < 1.29 is 9.90 Å². The highest BCUT2D eigenvalue weighted by molar-refractivity contribution is 9.10. The lowest BCUT2D eigenvalue weighted by atomic mass is 9.96. The first kappa shape index (κ1) is 23.4. The number of nitrogens with zero attached hydrogens (tertiary/aromatic N) is 2. The summed E-state index contributed by atoms with van der Waals surface area (Å²) in [6.07, 6.45) is 5.49. The van der Waals surface area contributed by atoms with Crippen LogP contribution in [0.15, 0.2) is 101 Å². The molecular weight excluding hydrogens is 568 g/mol. The van der Waals surface area contributed by atoms with Gasteiger partial charge in [0.25, 0.3) is 0 Å². The smallest absolute Gasteiger partial charge is 0.212 e. The molecule has 0 radical (unpaired) electrons. The van der Waals surface area contributed by atoms with Crippen molar-refractivity contribution >= 4 is 59.4 Å². The maximum Gasteiger partial charge on any atom is 0.212 e. The van der Waals surface area contributed by atoms with Gasteiger partial charge >= 0.3 is 0 Å². The number of fused-ring (bicyclic) bond motifs is 2. The normalized spacial score (nSPS) is 11.3. The monoisotopic (exact) mass is 588 g/mol. The second kappa shape index (κ2) is 9.36. The average molecular weight is 590 g/mol. The molecule has 0 saturated carbocycles. The van der Waals surface area contributed by atoms with E-state index in [9.17, 15) is 9.90 Å². The Morgan fingerprint density at radius 1 is 0.886 bits per heavy atom. The number of hydrogen-bond donors (Lipinski definition) is 1. The molecule has 0 aliphatic heterocycles. The predicted molar refractivity (Wildman–Crippen MR) is 150 cm³/mol. The van der Waals surface area contributed by atoms with Gasteiger partial charge in [-0.3, -0.25) is 4.79 Å². The number of phenolic OH excluding ortho intramolecular Hbond substituents is 1. The quantitative estimate of drug-likeness (QED) is 0.154. The summed E-state index contributed by atoms with van der Waals surface area (Å²) in [4.78, 5) is 14.4. The summed E-state index contributed by atoms with van der Waals surface area (Å²) < 4.78 is 5.79. The van der Waals surface area contributed by atoms with Crippen LogP contribution in [0.2, 0.25) is 0 Å². The molecule has 0 atom stereocenters. The van der Waals surface area contributed by atoms with Gasteiger partial charge in [0.2, 0.25) is 5.78 Å². The van der Waals surface area contributed by atoms with Crippen molar-refractivity contribution in [1.82, 2.24) is 9.13 Å². The van der Waals surface area contributed by atoms with E-state index in [1.54, 1.807) is 18.2 Å². The Balaban J connectivity index is 1.89. The van der Waals surface area contributed by atoms with Gasteiger partial charge in [-0.15, -0.1) is 13.2 Å². The molecule has 2 aromatic heterocycles. The van der Waals surface area contributed by atoms with Gasteiger partial charge in [0.1, 0.15) is 5.75 Å². The molecule has 0 fully saturated rings. The van der Waals surface area contributed by atoms with Gasteiger partial charge in [-0.05, 0) is 42.5 Å². The minimum atomic E-state index is -0.122. The molecule has 0 unspecified atom stereocenters. The number of halogens is 2. The van der Waals surface area contributed by atoms with E-state index in [0.29, 0.717) is 35.5 Å². The molecule has 5 rings (SSSR count). The minimum Gasteiger partial charge on any atom is -0.507 e. The lowest BCUT2D eigenvalue weighted by molar-refractivity contribution is 0.103. The number of ketones is 1. The summed E-state index contributed by atoms with van der Waals surface area (Å²) in [6.45, 7) is 8.83. The van der Waals surface area contributed by atoms with Crippen molar-refractivity contribution in [2.75, 3.05) is 0 Å². The van der Waals surface area contributed by atoms with Crippen molar-refractivity contribution in [3.63, 3.8) is 0 Å². The van der Waals surface area contributed by atoms with Gasteiger partial charge in [-0.1, -0.05) is 62.2 Å². The van der Waals surface area contributed by atoms with Crippen molar-refractivity contribution in [1.29, 1.82) is 0 Å². The van der Waals surface area contributed by atoms with Crippen LogP contribution >= 0.6 is 31.9 Å². The van der Waals surface area contributed by atoms with Gasteiger partial charge in [0, 0.05) is 66.7 Å². The molecule has 0 spiro atoms. The summed E-state index contributed by atoms with van der Waals surface area (Å²) in [6, 6.07) is 19.0. The molecule has 5 aromatic rings. The van der Waals surface area contributed by atoms with E-state index in [1.807, 2.05) is 69.9 Å². The van der Waals surface area contributed by atoms with Gasteiger partial charge in [0.05, 0.1) is 5.69 Å². The Kier molecular flexibility index (Phi) is 6.26. The topological polar surface area (TPSA) is 47.2 Å². The molecule has 1 N–H and O–H groups in total. The maximum atomic E-state index is 14.4. The average Bonchev–Trinajstić information content (AvgIpc) is 3.34. The second-order valence-electron chi connectivity index (χ2n) is 8.28. The lowest BCUT2D eigenvalue weighted by Crippen LogP contribution is -2.11. The van der Waals surface area contributed by atoms with E-state index in [4.69, 9.17) is 0 Å². The molecule has 0 bridgehead atoms. The fraction of sp³-hybridized carbons (Fsp3) is 0.0690. The Labute approximate surface area is 220 Å². The summed E-state index contributed by atoms with van der Waals surface area (Å²) in [5, 5.41) is 12.5. The molecule has 0 aliphatic carbocycles. The zero-order valence-electron chi connectivity index (χ0n) is 18.8. The van der Waals surface area contributed by atoms with Crippen LogP contribution in [-0.2, 0) is 13.1 Å². The molecule has 6 heteroatoms. The van der Waals surface area contributed by atoms with Crippen molar-refractivity contribution in [3.8, 4) is 16.9 Å². The number of hydrogen-bond acceptors (Lipinski definition) is 2. The molecule has 174 valence electrons. The number of carbonyl (C=O) groups excluding carboxylic acids is 1. The number of aromatic nitrogens is 2. The predicted octanol–water partition coefficient (Wildman–Crippen LogP) is 8.10. The zero-order valence-corrected chi connectivity index (χ0v) is 22.0. The standard InChI is InChI=1S/C29H22Br2N2O2/c1-3-13-32-17-23(21-15-18(30)9-11-24(21)32)29(35)28-27(20-7-5-6-8-26(20)34)22-16-19(31)10-12-25(22)33(28)14-4-2/h3-12,15-17,34H,1-2,13-14H2. The Bertz CT molecular complexity index is 1640. The summed E-state index contributed by atoms with van der Waals surface area (Å²) in [5.41, 5.74) is 4.26. The highest BCUT2D eigenvalue weighted by atomic mass is 79.9. The maximum absolute atomic E-state index is 14.4. The Morgan fingerprint density at radius 3 is 2.23 bits per heavy atom. The SMILES string of the molecule is C=CCn1cc(C(=O)c2c(-c3ccccc3O)c3cc(Br)ccc3n2CC=C)c2cc(Br)ccc21. The van der Waals surface area contributed by atoms with Crippen LogP contribution in [0, 0.1) is 0 Å². The summed E-state index contributed by atoms with van der Waals surface area (Å²) in [7, 11) is 0. The van der Waals surface area contributed by atoms with Crippen LogP contribution in [0.5, 0.6) is 5.75 Å². The number of carbonyl (C=O) groups is 1. The number of allylic oxidation sites excluding steroid dienone is 2. The number of aromatic hydroxyl groups is 1. The van der Waals surface area contributed by atoms with E-state index < -0.39 is 0 Å². The number of phenols is 1. The highest BCUT2D eigenvalue weighted by Gasteiger charge is 2.28. The van der Waals surface area contributed by atoms with Crippen LogP contribution in [0.3, 0.4) is 0 Å². The lowest BCUT2D eigenvalue weighted by Gasteiger charge is -2.11. The van der Waals surface area contributed by atoms with E-state index in [0.717, 1.165) is 30.8 Å². The molecular formula is C29H22Br2N2O2. The van der Waals surface area contributed by atoms with E-state index in [-0.39, 0.29) is 11.5 Å². The molecule has 4 nitrogen and oxygen atoms in total. The van der Waals surface area contributed by atoms with Crippen LogP contribution in [-0.4, -0.2) is 20.0 Å². The van der Waals surface area contributed by atoms with E-state index in [2.05, 4.69) is 45.0 Å². The Morgan fingerprint density at radius 2 is 1.54 bits per heavy atom. The molecule has 0 amide bonds. The minimum absolute atomic E-state index is 0.121. The molecule has 2 heterocycles. The molecule has 3 aromatic carbocycles. The van der Waals surface area contributed by atoms with Gasteiger partial charge in [0.15, 0.2) is 0 Å². The van der Waals surface area contributed by atoms with E-state index in [1.165, 1.54) is 0 Å². The van der Waals surface area contributed by atoms with Crippen molar-refractivity contribution in [3.05, 3.63) is 112 Å². The summed E-state index contributed by atoms with van der Waals surface area (Å²) >= 11 is 7.14. The van der Waals surface area contributed by atoms with Gasteiger partial charge in [-0.2, -0.15) is 0 Å². The largest absolute Gasteiger partial charge is 0.507 e. The van der Waals surface area contributed by atoms with Crippen LogP contribution in [0.1, 0.15) is 16.1 Å². The molecule has 35 heavy (non-hydrogen) atoms. The molecule has 0 aliphatic rings. The molecule has 0 saturated heterocycles. The first-order valence-corrected chi connectivity index (χ1v) is 12.7. The third-order valence-electron chi connectivity index (χ3n) is 6.14. The third kappa shape index (κ3) is 3.97. The van der Waals surface area contributed by atoms with Crippen LogP contribution in [0.4, 0.5) is 0 Å². The highest BCUT2D eigenvalue weighted by Crippen LogP contribution is 2.42. The Hall–Kier alpha value is -3.35. The van der Waals surface area contributed by atoms with Crippen molar-refractivity contribution in [2.45, 2.75) is 13.1 Å². The number of rotatable bonds is 7. The fourth-order valence-corrected chi connectivity index (χ4v) is 5.43.